The van der Waals surface area contributed by atoms with Gasteiger partial charge in [-0.2, -0.15) is 0 Å². The van der Waals surface area contributed by atoms with Crippen LogP contribution in [0.5, 0.6) is 0 Å². The molecule has 0 aromatic heterocycles. The predicted octanol–water partition coefficient (Wildman–Crippen LogP) is 6.44. The SMILES string of the molecule is CCCCNC(=O)[C@H](Cc1ccccc1)N(Cc1ccc(Cl)cc1Cl)C(=O)CN(c1ccc(C(C)C)cc1)S(C)(=O)=O. The summed E-state index contributed by atoms with van der Waals surface area (Å²) in [7, 11) is -3.85. The van der Waals surface area contributed by atoms with Gasteiger partial charge in [0.15, 0.2) is 0 Å². The van der Waals surface area contributed by atoms with Gasteiger partial charge in [0.05, 0.1) is 11.9 Å². The summed E-state index contributed by atoms with van der Waals surface area (Å²) in [5.41, 5.74) is 2.86. The molecule has 2 amide bonds. The molecule has 0 spiro atoms. The van der Waals surface area contributed by atoms with Crippen LogP contribution in [-0.4, -0.2) is 50.5 Å². The molecule has 0 heterocycles. The standard InChI is InChI=1S/C32H39Cl2N3O4S/c1-5-6-18-35-32(39)30(19-24-10-8-7-9-11-24)36(21-26-12-15-27(33)20-29(26)34)31(38)22-37(42(4,40)41)28-16-13-25(14-17-28)23(2)3/h7-17,20,23,30H,5-6,18-19,21-22H2,1-4H3,(H,35,39)/t30-/m0/s1. The highest BCUT2D eigenvalue weighted by Gasteiger charge is 2.33. The van der Waals surface area contributed by atoms with E-state index in [2.05, 4.69) is 5.32 Å². The van der Waals surface area contributed by atoms with Gasteiger partial charge in [-0.1, -0.05) is 98.9 Å². The molecule has 3 aromatic rings. The van der Waals surface area contributed by atoms with Gasteiger partial charge in [0.2, 0.25) is 21.8 Å². The van der Waals surface area contributed by atoms with Gasteiger partial charge in [-0.3, -0.25) is 13.9 Å². The van der Waals surface area contributed by atoms with Gasteiger partial charge in [0, 0.05) is 29.6 Å². The third kappa shape index (κ3) is 9.48. The number of hydrogen-bond donors (Lipinski definition) is 1. The first-order valence-corrected chi connectivity index (χ1v) is 16.6. The molecule has 0 radical (unpaired) electrons. The van der Waals surface area contributed by atoms with E-state index in [1.54, 1.807) is 30.3 Å². The van der Waals surface area contributed by atoms with Crippen LogP contribution in [0.2, 0.25) is 10.0 Å². The molecule has 0 fully saturated rings. The Kier molecular flexibility index (Phi) is 12.3. The van der Waals surface area contributed by atoms with Crippen molar-refractivity contribution in [1.29, 1.82) is 0 Å². The van der Waals surface area contributed by atoms with Crippen LogP contribution >= 0.6 is 23.2 Å². The lowest BCUT2D eigenvalue weighted by atomic mass is 10.0. The molecule has 10 heteroatoms. The van der Waals surface area contributed by atoms with Crippen molar-refractivity contribution in [2.24, 2.45) is 0 Å². The van der Waals surface area contributed by atoms with E-state index in [-0.39, 0.29) is 24.8 Å². The monoisotopic (exact) mass is 631 g/mol. The average molecular weight is 633 g/mol. The fourth-order valence-corrected chi connectivity index (χ4v) is 5.85. The fourth-order valence-electron chi connectivity index (χ4n) is 4.53. The van der Waals surface area contributed by atoms with E-state index in [0.717, 1.165) is 34.5 Å². The fraction of sp³-hybridized carbons (Fsp3) is 0.375. The second-order valence-corrected chi connectivity index (χ2v) is 13.4. The van der Waals surface area contributed by atoms with Crippen LogP contribution in [-0.2, 0) is 32.6 Å². The molecule has 0 aliphatic carbocycles. The molecule has 3 rings (SSSR count). The first kappa shape index (κ1) is 33.4. The Morgan fingerprint density at radius 2 is 1.62 bits per heavy atom. The van der Waals surface area contributed by atoms with Crippen LogP contribution in [0.15, 0.2) is 72.8 Å². The number of rotatable bonds is 14. The van der Waals surface area contributed by atoms with Crippen molar-refractivity contribution < 1.29 is 18.0 Å². The van der Waals surface area contributed by atoms with Gasteiger partial charge in [-0.15, -0.1) is 0 Å². The van der Waals surface area contributed by atoms with Crippen LogP contribution < -0.4 is 9.62 Å². The van der Waals surface area contributed by atoms with Crippen LogP contribution in [0, 0.1) is 0 Å². The normalized spacial score (nSPS) is 12.2. The highest BCUT2D eigenvalue weighted by molar-refractivity contribution is 7.92. The maximum atomic E-state index is 14.2. The molecule has 0 saturated carbocycles. The number of halogens is 2. The zero-order valence-electron chi connectivity index (χ0n) is 24.5. The molecule has 226 valence electrons. The first-order chi connectivity index (χ1) is 19.9. The largest absolute Gasteiger partial charge is 0.354 e. The second-order valence-electron chi connectivity index (χ2n) is 10.6. The summed E-state index contributed by atoms with van der Waals surface area (Å²) in [5.74, 6) is -0.596. The van der Waals surface area contributed by atoms with Crippen LogP contribution in [0.4, 0.5) is 5.69 Å². The maximum Gasteiger partial charge on any atom is 0.244 e. The van der Waals surface area contributed by atoms with Gasteiger partial charge >= 0.3 is 0 Å². The lowest BCUT2D eigenvalue weighted by Crippen LogP contribution is -2.53. The zero-order valence-corrected chi connectivity index (χ0v) is 26.8. The Bertz CT molecular complexity index is 1450. The Morgan fingerprint density at radius 3 is 2.19 bits per heavy atom. The number of hydrogen-bond acceptors (Lipinski definition) is 4. The molecule has 1 atom stereocenters. The number of carbonyl (C=O) groups is 2. The summed E-state index contributed by atoms with van der Waals surface area (Å²) in [6, 6.07) is 20.5. The highest BCUT2D eigenvalue weighted by atomic mass is 35.5. The molecular formula is C32H39Cl2N3O4S. The van der Waals surface area contributed by atoms with E-state index >= 15 is 0 Å². The number of benzene rings is 3. The second kappa shape index (κ2) is 15.4. The Balaban J connectivity index is 2.05. The molecule has 0 bridgehead atoms. The highest BCUT2D eigenvalue weighted by Crippen LogP contribution is 2.26. The van der Waals surface area contributed by atoms with E-state index in [9.17, 15) is 18.0 Å². The van der Waals surface area contributed by atoms with Crippen molar-refractivity contribution in [2.75, 3.05) is 23.7 Å². The number of sulfonamides is 1. The van der Waals surface area contributed by atoms with Crippen molar-refractivity contribution in [3.8, 4) is 0 Å². The third-order valence-electron chi connectivity index (χ3n) is 6.98. The minimum Gasteiger partial charge on any atom is -0.354 e. The van der Waals surface area contributed by atoms with Crippen molar-refractivity contribution in [2.45, 2.75) is 58.5 Å². The average Bonchev–Trinajstić information content (AvgIpc) is 2.94. The lowest BCUT2D eigenvalue weighted by molar-refractivity contribution is -0.140. The molecule has 3 aromatic carbocycles. The van der Waals surface area contributed by atoms with E-state index < -0.39 is 28.5 Å². The van der Waals surface area contributed by atoms with E-state index in [1.807, 2.05) is 63.2 Å². The molecule has 0 aliphatic rings. The van der Waals surface area contributed by atoms with E-state index in [1.165, 1.54) is 4.90 Å². The van der Waals surface area contributed by atoms with Gasteiger partial charge < -0.3 is 10.2 Å². The summed E-state index contributed by atoms with van der Waals surface area (Å²) < 4.78 is 27.0. The van der Waals surface area contributed by atoms with E-state index in [0.29, 0.717) is 27.8 Å². The van der Waals surface area contributed by atoms with Crippen LogP contribution in [0.25, 0.3) is 0 Å². The number of unbranched alkanes of at least 4 members (excludes halogenated alkanes) is 1. The van der Waals surface area contributed by atoms with Crippen molar-refractivity contribution in [1.82, 2.24) is 10.2 Å². The molecular weight excluding hydrogens is 593 g/mol. The summed E-state index contributed by atoms with van der Waals surface area (Å²) in [6.45, 7) is 6.08. The van der Waals surface area contributed by atoms with Gasteiger partial charge in [-0.05, 0) is 53.3 Å². The lowest BCUT2D eigenvalue weighted by Gasteiger charge is -2.33. The Labute approximate surface area is 259 Å². The maximum absolute atomic E-state index is 14.2. The minimum atomic E-state index is -3.85. The summed E-state index contributed by atoms with van der Waals surface area (Å²) in [5, 5.41) is 3.74. The molecule has 1 N–H and O–H groups in total. The Morgan fingerprint density at radius 1 is 0.952 bits per heavy atom. The van der Waals surface area contributed by atoms with Crippen molar-refractivity contribution in [3.63, 3.8) is 0 Å². The van der Waals surface area contributed by atoms with Gasteiger partial charge in [0.25, 0.3) is 0 Å². The number of anilines is 1. The summed E-state index contributed by atoms with van der Waals surface area (Å²) >= 11 is 12.6. The summed E-state index contributed by atoms with van der Waals surface area (Å²) in [6.07, 6.45) is 2.98. The summed E-state index contributed by atoms with van der Waals surface area (Å²) in [4.78, 5) is 29.2. The number of nitrogens with one attached hydrogen (secondary N) is 1. The minimum absolute atomic E-state index is 0.0164. The molecule has 0 unspecified atom stereocenters. The first-order valence-electron chi connectivity index (χ1n) is 14.0. The van der Waals surface area contributed by atoms with Crippen molar-refractivity contribution >= 4 is 50.7 Å². The van der Waals surface area contributed by atoms with Crippen molar-refractivity contribution in [3.05, 3.63) is 99.5 Å². The van der Waals surface area contributed by atoms with Crippen LogP contribution in [0.3, 0.4) is 0 Å². The molecule has 0 aliphatic heterocycles. The third-order valence-corrected chi connectivity index (χ3v) is 8.71. The van der Waals surface area contributed by atoms with Gasteiger partial charge in [0.1, 0.15) is 12.6 Å². The van der Waals surface area contributed by atoms with E-state index in [4.69, 9.17) is 23.2 Å². The number of nitrogens with zero attached hydrogens (tertiary/aromatic N) is 2. The topological polar surface area (TPSA) is 86.8 Å². The molecule has 0 saturated heterocycles. The predicted molar refractivity (Wildman–Crippen MR) is 172 cm³/mol. The molecule has 7 nitrogen and oxygen atoms in total. The zero-order chi connectivity index (χ0) is 30.9. The number of amides is 2. The molecule has 42 heavy (non-hydrogen) atoms. The van der Waals surface area contributed by atoms with Crippen LogP contribution in [0.1, 0.15) is 56.2 Å². The van der Waals surface area contributed by atoms with Gasteiger partial charge in [-0.25, -0.2) is 8.42 Å². The Hall–Kier alpha value is -3.07. The quantitative estimate of drug-likeness (QED) is 0.207. The smallest absolute Gasteiger partial charge is 0.244 e. The number of carbonyl (C=O) groups excluding carboxylic acids is 2.